The molecule has 6 heteroatoms. The molecule has 0 amide bonds. The van der Waals surface area contributed by atoms with Crippen LogP contribution in [0, 0.1) is 23.0 Å². The van der Waals surface area contributed by atoms with Crippen LogP contribution in [0.4, 0.5) is 5.69 Å². The summed E-state index contributed by atoms with van der Waals surface area (Å²) in [5.74, 6) is 0.412. The number of nitro groups is 1. The number of hydrogen-bond donors (Lipinski definition) is 1. The molecule has 0 spiro atoms. The van der Waals surface area contributed by atoms with Gasteiger partial charge in [0.1, 0.15) is 11.4 Å². The van der Waals surface area contributed by atoms with E-state index in [0.29, 0.717) is 18.0 Å². The van der Waals surface area contributed by atoms with E-state index in [4.69, 9.17) is 0 Å². The monoisotopic (exact) mass is 268 g/mol. The van der Waals surface area contributed by atoms with Gasteiger partial charge >= 0.3 is 5.69 Å². The Bertz CT molecular complexity index is 440. The lowest BCUT2D eigenvalue weighted by Crippen LogP contribution is -2.33. The van der Waals surface area contributed by atoms with Crippen LogP contribution in [0.5, 0.6) is 0 Å². The summed E-state index contributed by atoms with van der Waals surface area (Å²) in [7, 11) is 1.89. The highest BCUT2D eigenvalue weighted by molar-refractivity contribution is 5.41. The number of nitrogens with one attached hydrogen (secondary N) is 1. The largest absolute Gasteiger partial charge is 0.316 e. The lowest BCUT2D eigenvalue weighted by molar-refractivity contribution is -0.386. The van der Waals surface area contributed by atoms with Crippen molar-refractivity contribution >= 4 is 5.69 Å². The Kier molecular flexibility index (Phi) is 5.47. The summed E-state index contributed by atoms with van der Waals surface area (Å²) < 4.78 is 1.79. The first-order valence-corrected chi connectivity index (χ1v) is 6.80. The zero-order valence-electron chi connectivity index (χ0n) is 12.4. The van der Waals surface area contributed by atoms with Crippen LogP contribution < -0.4 is 5.32 Å². The minimum Gasteiger partial charge on any atom is -0.316 e. The Labute approximate surface area is 114 Å². The molecule has 1 unspecified atom stereocenters. The molecule has 1 aromatic heterocycles. The summed E-state index contributed by atoms with van der Waals surface area (Å²) in [4.78, 5) is 10.9. The Morgan fingerprint density at radius 3 is 2.53 bits per heavy atom. The zero-order chi connectivity index (χ0) is 14.6. The van der Waals surface area contributed by atoms with Gasteiger partial charge in [-0.25, -0.2) is 0 Å². The molecule has 1 atom stereocenters. The van der Waals surface area contributed by atoms with E-state index in [1.807, 2.05) is 14.0 Å². The third-order valence-electron chi connectivity index (χ3n) is 3.41. The molecule has 1 rings (SSSR count). The van der Waals surface area contributed by atoms with Crippen molar-refractivity contribution < 1.29 is 4.92 Å². The molecule has 0 aromatic carbocycles. The second-order valence-corrected chi connectivity index (χ2v) is 5.20. The second kappa shape index (κ2) is 6.65. The molecule has 0 radical (unpaired) electrons. The van der Waals surface area contributed by atoms with Gasteiger partial charge in [0, 0.05) is 19.0 Å². The molecule has 0 saturated carbocycles. The number of aryl methyl sites for hydroxylation is 2. The molecule has 108 valence electrons. The van der Waals surface area contributed by atoms with Gasteiger partial charge in [-0.1, -0.05) is 20.8 Å². The van der Waals surface area contributed by atoms with Crippen molar-refractivity contribution in [1.82, 2.24) is 15.1 Å². The predicted molar refractivity (Wildman–Crippen MR) is 75.3 cm³/mol. The first-order chi connectivity index (χ1) is 8.92. The summed E-state index contributed by atoms with van der Waals surface area (Å²) in [6.07, 6.45) is 1.54. The van der Waals surface area contributed by atoms with Crippen LogP contribution in [0.15, 0.2) is 0 Å². The summed E-state index contributed by atoms with van der Waals surface area (Å²) in [5.41, 5.74) is 1.42. The highest BCUT2D eigenvalue weighted by atomic mass is 16.6. The predicted octanol–water partition coefficient (Wildman–Crippen LogP) is 2.30. The molecular formula is C13H24N4O2. The van der Waals surface area contributed by atoms with E-state index in [1.165, 1.54) is 0 Å². The van der Waals surface area contributed by atoms with Crippen molar-refractivity contribution in [2.24, 2.45) is 5.92 Å². The number of nitrogens with zero attached hydrogens (tertiary/aromatic N) is 3. The molecule has 6 nitrogen and oxygen atoms in total. The van der Waals surface area contributed by atoms with Gasteiger partial charge in [-0.3, -0.25) is 14.8 Å². The zero-order valence-corrected chi connectivity index (χ0v) is 12.4. The van der Waals surface area contributed by atoms with Crippen molar-refractivity contribution in [3.05, 3.63) is 21.5 Å². The number of likely N-dealkylation sites (N-methyl/N-ethyl adjacent to an activating group) is 1. The Balaban J connectivity index is 3.17. The second-order valence-electron chi connectivity index (χ2n) is 5.20. The van der Waals surface area contributed by atoms with E-state index in [2.05, 4.69) is 24.3 Å². The normalized spacial score (nSPS) is 12.9. The smallest absolute Gasteiger partial charge is 0.313 e. The summed E-state index contributed by atoms with van der Waals surface area (Å²) in [6, 6.07) is 0.213. The highest BCUT2D eigenvalue weighted by Gasteiger charge is 2.27. The number of rotatable bonds is 7. The van der Waals surface area contributed by atoms with Gasteiger partial charge in [0.25, 0.3) is 0 Å². The Morgan fingerprint density at radius 1 is 1.47 bits per heavy atom. The van der Waals surface area contributed by atoms with Crippen molar-refractivity contribution in [2.45, 2.75) is 53.1 Å². The molecule has 0 aliphatic carbocycles. The maximum atomic E-state index is 11.2. The minimum atomic E-state index is -0.309. The van der Waals surface area contributed by atoms with E-state index in [9.17, 15) is 10.1 Å². The van der Waals surface area contributed by atoms with E-state index < -0.39 is 0 Å². The molecule has 0 bridgehead atoms. The molecule has 19 heavy (non-hydrogen) atoms. The molecule has 1 N–H and O–H groups in total. The van der Waals surface area contributed by atoms with Crippen LogP contribution in [0.3, 0.4) is 0 Å². The maximum absolute atomic E-state index is 11.2. The summed E-state index contributed by atoms with van der Waals surface area (Å²) >= 11 is 0. The minimum absolute atomic E-state index is 0.175. The van der Waals surface area contributed by atoms with Gasteiger partial charge in [0.2, 0.25) is 0 Å². The quantitative estimate of drug-likeness (QED) is 0.608. The SMILES string of the molecule is CCCn1nc(C)c([N+](=O)[O-])c1CC(NC)C(C)C. The van der Waals surface area contributed by atoms with Crippen LogP contribution in [-0.4, -0.2) is 27.8 Å². The standard InChI is InChI=1S/C13H24N4O2/c1-6-7-16-12(8-11(14-5)9(2)3)13(17(18)19)10(4)15-16/h9,11,14H,6-8H2,1-5H3. The molecular weight excluding hydrogens is 244 g/mol. The molecule has 1 aromatic rings. The fraction of sp³-hybridized carbons (Fsp3) is 0.769. The van der Waals surface area contributed by atoms with Gasteiger partial charge in [-0.05, 0) is 26.3 Å². The molecule has 0 aliphatic rings. The average molecular weight is 268 g/mol. The lowest BCUT2D eigenvalue weighted by Gasteiger charge is -2.20. The topological polar surface area (TPSA) is 73.0 Å². The summed E-state index contributed by atoms with van der Waals surface area (Å²) in [5, 5.41) is 18.8. The van der Waals surface area contributed by atoms with E-state index >= 15 is 0 Å². The fourth-order valence-electron chi connectivity index (χ4n) is 2.34. The van der Waals surface area contributed by atoms with Crippen molar-refractivity contribution in [3.63, 3.8) is 0 Å². The first kappa shape index (κ1) is 15.6. The fourth-order valence-corrected chi connectivity index (χ4v) is 2.34. The van der Waals surface area contributed by atoms with Crippen LogP contribution in [-0.2, 0) is 13.0 Å². The van der Waals surface area contributed by atoms with Gasteiger partial charge < -0.3 is 5.32 Å². The highest BCUT2D eigenvalue weighted by Crippen LogP contribution is 2.25. The van der Waals surface area contributed by atoms with Gasteiger partial charge in [0.15, 0.2) is 0 Å². The van der Waals surface area contributed by atoms with Crippen LogP contribution in [0.2, 0.25) is 0 Å². The van der Waals surface area contributed by atoms with Crippen molar-refractivity contribution in [2.75, 3.05) is 7.05 Å². The Morgan fingerprint density at radius 2 is 2.11 bits per heavy atom. The molecule has 0 aliphatic heterocycles. The number of aromatic nitrogens is 2. The van der Waals surface area contributed by atoms with E-state index in [1.54, 1.807) is 11.6 Å². The van der Waals surface area contributed by atoms with E-state index in [0.717, 1.165) is 18.7 Å². The Hall–Kier alpha value is -1.43. The van der Waals surface area contributed by atoms with Crippen LogP contribution >= 0.6 is 0 Å². The van der Waals surface area contributed by atoms with Gasteiger partial charge in [-0.2, -0.15) is 5.10 Å². The lowest BCUT2D eigenvalue weighted by atomic mass is 9.98. The first-order valence-electron chi connectivity index (χ1n) is 6.80. The number of hydrogen-bond acceptors (Lipinski definition) is 4. The average Bonchev–Trinajstić information content (AvgIpc) is 2.62. The van der Waals surface area contributed by atoms with Crippen LogP contribution in [0.1, 0.15) is 38.6 Å². The van der Waals surface area contributed by atoms with Gasteiger partial charge in [0.05, 0.1) is 4.92 Å². The third kappa shape index (κ3) is 3.53. The van der Waals surface area contributed by atoms with Crippen LogP contribution in [0.25, 0.3) is 0 Å². The molecule has 0 saturated heterocycles. The molecule has 0 fully saturated rings. The molecule has 1 heterocycles. The third-order valence-corrected chi connectivity index (χ3v) is 3.41. The van der Waals surface area contributed by atoms with E-state index in [-0.39, 0.29) is 16.7 Å². The van der Waals surface area contributed by atoms with Crippen molar-refractivity contribution in [3.8, 4) is 0 Å². The maximum Gasteiger partial charge on any atom is 0.313 e. The summed E-state index contributed by atoms with van der Waals surface area (Å²) in [6.45, 7) is 8.70. The van der Waals surface area contributed by atoms with Gasteiger partial charge in [-0.15, -0.1) is 0 Å². The van der Waals surface area contributed by atoms with Crippen molar-refractivity contribution in [1.29, 1.82) is 0 Å².